The zero-order chi connectivity index (χ0) is 30.5. The molecule has 4 nitrogen and oxygen atoms in total. The summed E-state index contributed by atoms with van der Waals surface area (Å²) < 4.78 is 34.0. The summed E-state index contributed by atoms with van der Waals surface area (Å²) in [7, 11) is 1.78. The molecule has 2 fully saturated rings. The van der Waals surface area contributed by atoms with Crippen molar-refractivity contribution in [1.82, 2.24) is 4.90 Å². The van der Waals surface area contributed by atoms with Crippen molar-refractivity contribution in [2.45, 2.75) is 89.2 Å². The van der Waals surface area contributed by atoms with Gasteiger partial charge in [0, 0.05) is 19.3 Å². The molecule has 3 aromatic rings. The van der Waals surface area contributed by atoms with E-state index in [1.54, 1.807) is 24.1 Å². The Balaban J connectivity index is 1.38. The molecule has 6 rings (SSSR count). The van der Waals surface area contributed by atoms with Gasteiger partial charge in [-0.3, -0.25) is 14.7 Å². The van der Waals surface area contributed by atoms with Crippen LogP contribution in [0.5, 0.6) is 0 Å². The van der Waals surface area contributed by atoms with Crippen LogP contribution < -0.4 is 0 Å². The highest BCUT2D eigenvalue weighted by Gasteiger charge is 2.40. The summed E-state index contributed by atoms with van der Waals surface area (Å²) in [6.07, 6.45) is 10.1. The lowest BCUT2D eigenvalue weighted by molar-refractivity contribution is -0.131. The van der Waals surface area contributed by atoms with Gasteiger partial charge in [0.05, 0.1) is 19.2 Å². The number of amides is 1. The summed E-state index contributed by atoms with van der Waals surface area (Å²) in [6.45, 7) is 0.693. The second-order valence-corrected chi connectivity index (χ2v) is 13.9. The van der Waals surface area contributed by atoms with Crippen molar-refractivity contribution in [1.29, 1.82) is 0 Å². The number of aryl methyl sites for hydroxylation is 1. The largest absolute Gasteiger partial charge is 0.381 e. The van der Waals surface area contributed by atoms with Gasteiger partial charge in [0.15, 0.2) is 5.17 Å². The van der Waals surface area contributed by atoms with Crippen molar-refractivity contribution in [3.8, 4) is 0 Å². The van der Waals surface area contributed by atoms with Crippen LogP contribution in [-0.2, 0) is 41.2 Å². The summed E-state index contributed by atoms with van der Waals surface area (Å²) in [4.78, 5) is 21.2. The molecule has 0 bridgehead atoms. The number of methoxy groups -OCH3 is 1. The summed E-state index contributed by atoms with van der Waals surface area (Å²) in [5, 5.41) is 0.598. The van der Waals surface area contributed by atoms with Crippen molar-refractivity contribution >= 4 is 22.8 Å². The fraction of sp³-hybridized carbons (Fsp3) is 0.459. The normalized spacial score (nSPS) is 23.7. The molecule has 1 aliphatic heterocycles. The first-order valence-corrected chi connectivity index (χ1v) is 17.0. The van der Waals surface area contributed by atoms with Crippen LogP contribution in [0, 0.1) is 23.0 Å². The van der Waals surface area contributed by atoms with Gasteiger partial charge in [-0.2, -0.15) is 0 Å². The molecule has 3 aliphatic rings. The molecule has 1 heterocycles. The van der Waals surface area contributed by atoms with Gasteiger partial charge in [-0.1, -0.05) is 67.1 Å². The third-order valence-electron chi connectivity index (χ3n) is 9.63. The van der Waals surface area contributed by atoms with E-state index in [-0.39, 0.29) is 35.6 Å². The van der Waals surface area contributed by atoms with Gasteiger partial charge in [0.25, 0.3) is 0 Å². The Morgan fingerprint density at radius 1 is 0.886 bits per heavy atom. The summed E-state index contributed by atoms with van der Waals surface area (Å²) in [5.74, 6) is 0.724. The van der Waals surface area contributed by atoms with Crippen LogP contribution in [0.2, 0.25) is 0 Å². The quantitative estimate of drug-likeness (QED) is 0.254. The highest BCUT2D eigenvalue weighted by atomic mass is 32.2. The van der Waals surface area contributed by atoms with E-state index in [2.05, 4.69) is 18.2 Å². The monoisotopic (exact) mass is 616 g/mol. The van der Waals surface area contributed by atoms with Crippen LogP contribution in [0.15, 0.2) is 71.7 Å². The standard InChI is InChI=1S/C37H42F2N2O2S/c1-43-34-14-16-37(17-15-34)21-30-13-12-27(11-10-26-8-9-26)18-31(30)23-40-36(44-25-29-5-3-7-33(39)20-29)41(35(42)22-37)24-28-4-2-6-32(38)19-28/h2-7,12-13,18-20,26,34H,8-11,14-17,21-25H2,1H3/b40-36+. The minimum Gasteiger partial charge on any atom is -0.381 e. The number of hydrogen-bond acceptors (Lipinski definition) is 4. The Hall–Kier alpha value is -3.03. The highest BCUT2D eigenvalue weighted by Crippen LogP contribution is 2.45. The number of carbonyl (C=O) groups is 1. The van der Waals surface area contributed by atoms with E-state index >= 15 is 0 Å². The van der Waals surface area contributed by atoms with E-state index in [9.17, 15) is 13.6 Å². The smallest absolute Gasteiger partial charge is 0.229 e. The lowest BCUT2D eigenvalue weighted by Gasteiger charge is -2.41. The van der Waals surface area contributed by atoms with E-state index < -0.39 is 0 Å². The summed E-state index contributed by atoms with van der Waals surface area (Å²) >= 11 is 1.45. The maximum absolute atomic E-state index is 14.4. The Kier molecular flexibility index (Phi) is 9.82. The fourth-order valence-corrected chi connectivity index (χ4v) is 7.78. The second-order valence-electron chi connectivity index (χ2n) is 13.0. The maximum Gasteiger partial charge on any atom is 0.229 e. The van der Waals surface area contributed by atoms with Gasteiger partial charge in [0.1, 0.15) is 11.6 Å². The highest BCUT2D eigenvalue weighted by molar-refractivity contribution is 8.13. The molecule has 0 aromatic heterocycles. The molecule has 2 aliphatic carbocycles. The van der Waals surface area contributed by atoms with Gasteiger partial charge in [-0.15, -0.1) is 0 Å². The lowest BCUT2D eigenvalue weighted by Crippen LogP contribution is -2.42. The summed E-state index contributed by atoms with van der Waals surface area (Å²) in [5.41, 5.74) is 5.20. The van der Waals surface area contributed by atoms with E-state index in [0.29, 0.717) is 23.9 Å². The number of aliphatic imine (C=N–C) groups is 1. The van der Waals surface area contributed by atoms with Crippen LogP contribution in [0.4, 0.5) is 8.78 Å². The van der Waals surface area contributed by atoms with E-state index in [0.717, 1.165) is 55.6 Å². The van der Waals surface area contributed by atoms with Crippen LogP contribution in [0.3, 0.4) is 0 Å². The molecule has 0 atom stereocenters. The molecule has 1 amide bonds. The maximum atomic E-state index is 14.4. The lowest BCUT2D eigenvalue weighted by atomic mass is 9.67. The zero-order valence-electron chi connectivity index (χ0n) is 25.6. The van der Waals surface area contributed by atoms with Gasteiger partial charge in [0.2, 0.25) is 5.91 Å². The number of nitrogens with zero attached hydrogens (tertiary/aromatic N) is 2. The average molecular weight is 617 g/mol. The van der Waals surface area contributed by atoms with E-state index in [4.69, 9.17) is 9.73 Å². The van der Waals surface area contributed by atoms with Crippen LogP contribution >= 0.6 is 11.8 Å². The Bertz CT molecular complexity index is 1500. The van der Waals surface area contributed by atoms with Crippen molar-refractivity contribution in [3.63, 3.8) is 0 Å². The number of carbonyl (C=O) groups excluding carboxylic acids is 1. The third-order valence-corrected chi connectivity index (χ3v) is 10.7. The minimum absolute atomic E-state index is 0.000115. The summed E-state index contributed by atoms with van der Waals surface area (Å²) in [6, 6.07) is 19.9. The zero-order valence-corrected chi connectivity index (χ0v) is 26.4. The van der Waals surface area contributed by atoms with Gasteiger partial charge >= 0.3 is 0 Å². The number of fused-ring (bicyclic) bond motifs is 1. The molecule has 0 radical (unpaired) electrons. The number of hydrogen-bond donors (Lipinski definition) is 0. The fourth-order valence-electron chi connectivity index (χ4n) is 6.82. The number of halogens is 2. The third kappa shape index (κ3) is 7.97. The van der Waals surface area contributed by atoms with Crippen LogP contribution in [0.25, 0.3) is 0 Å². The first-order chi connectivity index (χ1) is 21.4. The minimum atomic E-state index is -0.330. The number of rotatable bonds is 8. The first-order valence-electron chi connectivity index (χ1n) is 16.0. The average Bonchev–Trinajstić information content (AvgIpc) is 3.85. The van der Waals surface area contributed by atoms with E-state index in [1.165, 1.54) is 72.0 Å². The molecule has 7 heteroatoms. The van der Waals surface area contributed by atoms with E-state index in [1.807, 2.05) is 12.1 Å². The number of amidine groups is 1. The molecule has 0 unspecified atom stereocenters. The first kappa shape index (κ1) is 31.0. The van der Waals surface area contributed by atoms with Crippen LogP contribution in [0.1, 0.15) is 79.2 Å². The number of thioether (sulfide) groups is 1. The Morgan fingerprint density at radius 2 is 1.61 bits per heavy atom. The van der Waals surface area contributed by atoms with Gasteiger partial charge in [-0.05, 0) is 108 Å². The molecule has 1 spiro atoms. The van der Waals surface area contributed by atoms with Crippen molar-refractivity contribution in [3.05, 3.63) is 106 Å². The predicted octanol–water partition coefficient (Wildman–Crippen LogP) is 8.65. The molecule has 2 saturated carbocycles. The molecular formula is C37H42F2N2O2S. The molecule has 3 aromatic carbocycles. The van der Waals surface area contributed by atoms with Gasteiger partial charge in [-0.25, -0.2) is 8.78 Å². The SMILES string of the molecule is COC1CCC2(CC1)CC(=O)N(Cc1cccc(F)c1)/C(SCc1cccc(F)c1)=N\Cc1cc(CCC3CC3)ccc1C2. The van der Waals surface area contributed by atoms with Crippen LogP contribution in [-0.4, -0.2) is 29.2 Å². The second kappa shape index (κ2) is 13.9. The number of ether oxygens (including phenoxy) is 1. The van der Waals surface area contributed by atoms with Crippen molar-refractivity contribution in [2.75, 3.05) is 7.11 Å². The molecule has 44 heavy (non-hydrogen) atoms. The topological polar surface area (TPSA) is 41.9 Å². The Labute approximate surface area is 264 Å². The van der Waals surface area contributed by atoms with Crippen molar-refractivity contribution in [2.24, 2.45) is 16.3 Å². The van der Waals surface area contributed by atoms with Crippen molar-refractivity contribution < 1.29 is 18.3 Å². The molecular weight excluding hydrogens is 574 g/mol. The molecule has 0 N–H and O–H groups in total. The van der Waals surface area contributed by atoms with Gasteiger partial charge < -0.3 is 4.74 Å². The molecule has 0 saturated heterocycles. The number of benzene rings is 3. The Morgan fingerprint density at radius 3 is 2.32 bits per heavy atom. The predicted molar refractivity (Wildman–Crippen MR) is 173 cm³/mol. The molecule has 232 valence electrons.